The van der Waals surface area contributed by atoms with Crippen molar-refractivity contribution in [3.63, 3.8) is 0 Å². The van der Waals surface area contributed by atoms with Crippen LogP contribution in [0.3, 0.4) is 0 Å². The van der Waals surface area contributed by atoms with Gasteiger partial charge in [-0.15, -0.1) is 0 Å². The predicted octanol–water partition coefficient (Wildman–Crippen LogP) is 0.946. The van der Waals surface area contributed by atoms with Gasteiger partial charge in [0, 0.05) is 25.2 Å². The van der Waals surface area contributed by atoms with Gasteiger partial charge in [-0.2, -0.15) is 0 Å². The first-order chi connectivity index (χ1) is 12.3. The molecule has 2 rings (SSSR count). The van der Waals surface area contributed by atoms with E-state index >= 15 is 0 Å². The Morgan fingerprint density at radius 2 is 2.04 bits per heavy atom. The van der Waals surface area contributed by atoms with Gasteiger partial charge in [-0.1, -0.05) is 12.1 Å². The highest BCUT2D eigenvalue weighted by Gasteiger charge is 2.26. The average molecular weight is 360 g/mol. The highest BCUT2D eigenvalue weighted by atomic mass is 16.2. The molecule has 1 aromatic carbocycles. The van der Waals surface area contributed by atoms with Gasteiger partial charge in [0.15, 0.2) is 0 Å². The molecular weight excluding hydrogens is 332 g/mol. The van der Waals surface area contributed by atoms with Crippen LogP contribution >= 0.6 is 0 Å². The summed E-state index contributed by atoms with van der Waals surface area (Å²) in [5, 5.41) is 5.71. The highest BCUT2D eigenvalue weighted by molar-refractivity contribution is 5.92. The Hall–Kier alpha value is -2.41. The quantitative estimate of drug-likeness (QED) is 0.673. The monoisotopic (exact) mass is 360 g/mol. The number of piperidine rings is 1. The van der Waals surface area contributed by atoms with Crippen molar-refractivity contribution in [3.05, 3.63) is 29.3 Å². The fourth-order valence-corrected chi connectivity index (χ4v) is 3.16. The first kappa shape index (κ1) is 19.9. The number of amides is 3. The minimum absolute atomic E-state index is 0.0706. The number of carbonyl (C=O) groups is 3. The molecule has 0 aromatic heterocycles. The van der Waals surface area contributed by atoms with Gasteiger partial charge in [0.2, 0.25) is 17.7 Å². The zero-order valence-corrected chi connectivity index (χ0v) is 15.5. The molecule has 4 N–H and O–H groups in total. The van der Waals surface area contributed by atoms with Crippen LogP contribution in [-0.2, 0) is 14.4 Å². The number of anilines is 1. The van der Waals surface area contributed by atoms with E-state index in [0.717, 1.165) is 36.2 Å². The summed E-state index contributed by atoms with van der Waals surface area (Å²) >= 11 is 0. The van der Waals surface area contributed by atoms with E-state index in [9.17, 15) is 14.4 Å². The molecule has 7 heteroatoms. The molecule has 0 saturated carbocycles. The Morgan fingerprint density at radius 3 is 2.77 bits per heavy atom. The molecule has 1 aliphatic rings. The Balaban J connectivity index is 1.74. The van der Waals surface area contributed by atoms with Crippen LogP contribution in [0.2, 0.25) is 0 Å². The van der Waals surface area contributed by atoms with E-state index in [2.05, 4.69) is 10.6 Å². The molecule has 142 valence electrons. The maximum atomic E-state index is 12.3. The summed E-state index contributed by atoms with van der Waals surface area (Å²) in [6.07, 6.45) is 1.87. The van der Waals surface area contributed by atoms with E-state index in [0.29, 0.717) is 13.1 Å². The molecule has 1 aliphatic heterocycles. The molecule has 26 heavy (non-hydrogen) atoms. The lowest BCUT2D eigenvalue weighted by molar-refractivity contribution is -0.128. The summed E-state index contributed by atoms with van der Waals surface area (Å²) in [4.78, 5) is 37.3. The van der Waals surface area contributed by atoms with Crippen molar-refractivity contribution in [1.29, 1.82) is 0 Å². The highest BCUT2D eigenvalue weighted by Crippen LogP contribution is 2.17. The minimum atomic E-state index is -0.380. The number of rotatable bonds is 7. The first-order valence-corrected chi connectivity index (χ1v) is 9.00. The van der Waals surface area contributed by atoms with E-state index in [-0.39, 0.29) is 36.6 Å². The predicted molar refractivity (Wildman–Crippen MR) is 101 cm³/mol. The molecule has 0 spiro atoms. The lowest BCUT2D eigenvalue weighted by atomic mass is 9.97. The molecule has 1 fully saturated rings. The van der Waals surface area contributed by atoms with Crippen molar-refractivity contribution in [2.45, 2.75) is 33.1 Å². The van der Waals surface area contributed by atoms with Gasteiger partial charge in [0.1, 0.15) is 0 Å². The number of carbonyl (C=O) groups excluding carboxylic acids is 3. The standard InChI is InChI=1S/C19H28N4O3/c1-13-5-6-14(2)16(10-13)22-18(25)7-8-21-19(26)15-4-3-9-23(11-15)12-17(20)24/h5-6,10,15H,3-4,7-9,11-12H2,1-2H3,(H2,20,24)(H,21,26)(H,22,25). The largest absolute Gasteiger partial charge is 0.369 e. The summed E-state index contributed by atoms with van der Waals surface area (Å²) in [5.74, 6) is -0.740. The maximum Gasteiger partial charge on any atom is 0.231 e. The van der Waals surface area contributed by atoms with Gasteiger partial charge in [-0.05, 0) is 50.4 Å². The van der Waals surface area contributed by atoms with Crippen molar-refractivity contribution in [3.8, 4) is 0 Å². The van der Waals surface area contributed by atoms with Crippen molar-refractivity contribution in [2.75, 3.05) is 31.5 Å². The van der Waals surface area contributed by atoms with Gasteiger partial charge in [-0.25, -0.2) is 0 Å². The number of nitrogens with zero attached hydrogens (tertiary/aromatic N) is 1. The number of hydrogen-bond acceptors (Lipinski definition) is 4. The Kier molecular flexibility index (Phi) is 7.15. The fourth-order valence-electron chi connectivity index (χ4n) is 3.16. The normalized spacial score (nSPS) is 17.5. The van der Waals surface area contributed by atoms with Crippen molar-refractivity contribution < 1.29 is 14.4 Å². The van der Waals surface area contributed by atoms with Crippen LogP contribution in [0.4, 0.5) is 5.69 Å². The van der Waals surface area contributed by atoms with E-state index in [1.165, 1.54) is 0 Å². The summed E-state index contributed by atoms with van der Waals surface area (Å²) in [6.45, 7) is 5.71. The third-order valence-electron chi connectivity index (χ3n) is 4.57. The topological polar surface area (TPSA) is 105 Å². The molecular formula is C19H28N4O3. The van der Waals surface area contributed by atoms with Crippen LogP contribution < -0.4 is 16.4 Å². The molecule has 3 amide bonds. The zero-order valence-electron chi connectivity index (χ0n) is 15.5. The molecule has 1 saturated heterocycles. The lowest BCUT2D eigenvalue weighted by Crippen LogP contribution is -2.46. The molecule has 1 atom stereocenters. The van der Waals surface area contributed by atoms with Gasteiger partial charge in [-0.3, -0.25) is 19.3 Å². The Morgan fingerprint density at radius 1 is 1.27 bits per heavy atom. The molecule has 0 bridgehead atoms. The van der Waals surface area contributed by atoms with Crippen LogP contribution in [-0.4, -0.2) is 48.8 Å². The van der Waals surface area contributed by atoms with Gasteiger partial charge in [0.25, 0.3) is 0 Å². The van der Waals surface area contributed by atoms with Crippen LogP contribution in [0.5, 0.6) is 0 Å². The lowest BCUT2D eigenvalue weighted by Gasteiger charge is -2.30. The second-order valence-corrected chi connectivity index (χ2v) is 6.95. The molecule has 1 unspecified atom stereocenters. The van der Waals surface area contributed by atoms with Crippen LogP contribution in [0, 0.1) is 19.8 Å². The van der Waals surface area contributed by atoms with Gasteiger partial charge in [0.05, 0.1) is 12.5 Å². The molecule has 7 nitrogen and oxygen atoms in total. The molecule has 0 aliphatic carbocycles. The van der Waals surface area contributed by atoms with Crippen molar-refractivity contribution in [2.24, 2.45) is 11.7 Å². The smallest absolute Gasteiger partial charge is 0.231 e. The molecule has 1 aromatic rings. The number of benzene rings is 1. The number of aryl methyl sites for hydroxylation is 2. The molecule has 1 heterocycles. The SMILES string of the molecule is Cc1ccc(C)c(NC(=O)CCNC(=O)C2CCCN(CC(N)=O)C2)c1. The van der Waals surface area contributed by atoms with Gasteiger partial charge < -0.3 is 16.4 Å². The number of likely N-dealkylation sites (tertiary alicyclic amines) is 1. The summed E-state index contributed by atoms with van der Waals surface area (Å²) in [5.41, 5.74) is 8.10. The van der Waals surface area contributed by atoms with E-state index in [1.807, 2.05) is 36.9 Å². The minimum Gasteiger partial charge on any atom is -0.369 e. The van der Waals surface area contributed by atoms with E-state index in [4.69, 9.17) is 5.73 Å². The van der Waals surface area contributed by atoms with Crippen LogP contribution in [0.1, 0.15) is 30.4 Å². The third kappa shape index (κ3) is 6.15. The summed E-state index contributed by atoms with van der Waals surface area (Å²) in [6, 6.07) is 5.89. The zero-order chi connectivity index (χ0) is 19.1. The average Bonchev–Trinajstić information content (AvgIpc) is 2.57. The number of primary amides is 1. The number of hydrogen-bond donors (Lipinski definition) is 3. The van der Waals surface area contributed by atoms with E-state index in [1.54, 1.807) is 0 Å². The second kappa shape index (κ2) is 9.33. The Bertz CT molecular complexity index is 675. The van der Waals surface area contributed by atoms with E-state index < -0.39 is 0 Å². The maximum absolute atomic E-state index is 12.3. The third-order valence-corrected chi connectivity index (χ3v) is 4.57. The van der Waals surface area contributed by atoms with Crippen LogP contribution in [0.15, 0.2) is 18.2 Å². The van der Waals surface area contributed by atoms with Crippen LogP contribution in [0.25, 0.3) is 0 Å². The summed E-state index contributed by atoms with van der Waals surface area (Å²) in [7, 11) is 0. The number of nitrogens with one attached hydrogen (secondary N) is 2. The van der Waals surface area contributed by atoms with Crippen molar-refractivity contribution >= 4 is 23.4 Å². The first-order valence-electron chi connectivity index (χ1n) is 9.00. The second-order valence-electron chi connectivity index (χ2n) is 6.95. The number of nitrogens with two attached hydrogens (primary N) is 1. The Labute approximate surface area is 154 Å². The molecule has 0 radical (unpaired) electrons. The fraction of sp³-hybridized carbons (Fsp3) is 0.526. The summed E-state index contributed by atoms with van der Waals surface area (Å²) < 4.78 is 0. The van der Waals surface area contributed by atoms with Crippen molar-refractivity contribution in [1.82, 2.24) is 10.2 Å². The van der Waals surface area contributed by atoms with Gasteiger partial charge >= 0.3 is 0 Å².